The summed E-state index contributed by atoms with van der Waals surface area (Å²) in [6, 6.07) is 19.4. The first-order chi connectivity index (χ1) is 15.5. The highest BCUT2D eigenvalue weighted by Crippen LogP contribution is 2.23. The molecule has 168 valence electrons. The topological polar surface area (TPSA) is 63.0 Å². The summed E-state index contributed by atoms with van der Waals surface area (Å²) in [6.45, 7) is 4.75. The first-order valence-electron chi connectivity index (χ1n) is 10.7. The van der Waals surface area contributed by atoms with Crippen LogP contribution in [-0.2, 0) is 22.3 Å². The van der Waals surface area contributed by atoms with Gasteiger partial charge in [0.1, 0.15) is 11.5 Å². The lowest BCUT2D eigenvalue weighted by Gasteiger charge is -2.35. The van der Waals surface area contributed by atoms with Crippen molar-refractivity contribution >= 4 is 22.4 Å². The summed E-state index contributed by atoms with van der Waals surface area (Å²) in [7, 11) is 0.561. The fourth-order valence-electron chi connectivity index (χ4n) is 3.78. The van der Waals surface area contributed by atoms with Crippen molar-refractivity contribution in [2.45, 2.75) is 18.4 Å². The predicted octanol–water partition coefficient (Wildman–Crippen LogP) is 4.01. The minimum Gasteiger partial charge on any atom is -0.497 e. The highest BCUT2D eigenvalue weighted by atomic mass is 32.2. The monoisotopic (exact) mass is 452 g/mol. The predicted molar refractivity (Wildman–Crippen MR) is 127 cm³/mol. The molecule has 1 aliphatic heterocycles. The van der Waals surface area contributed by atoms with Gasteiger partial charge >= 0.3 is 0 Å². The number of nitrogens with zero attached hydrogens (tertiary/aromatic N) is 2. The standard InChI is InChI=1S/C25H28N2O4S/c1-19-6-8-20(9-7-19)17-32(29)18-23-10-11-24(31-23)25(28)27-14-12-26(13-15-27)21-4-3-5-22(16-21)30-2/h3-11,16H,12-15,17-18H2,1-2H3/t32-/m1/s1. The zero-order valence-electron chi connectivity index (χ0n) is 18.5. The number of carbonyl (C=O) groups is 1. The van der Waals surface area contributed by atoms with Crippen molar-refractivity contribution in [3.05, 3.63) is 83.3 Å². The van der Waals surface area contributed by atoms with E-state index in [1.807, 2.05) is 54.3 Å². The third kappa shape index (κ3) is 5.40. The summed E-state index contributed by atoms with van der Waals surface area (Å²) in [4.78, 5) is 16.9. The van der Waals surface area contributed by atoms with Crippen LogP contribution >= 0.6 is 0 Å². The molecule has 0 radical (unpaired) electrons. The van der Waals surface area contributed by atoms with Gasteiger partial charge in [-0.05, 0) is 36.8 Å². The van der Waals surface area contributed by atoms with Crippen LogP contribution in [0.4, 0.5) is 5.69 Å². The molecule has 32 heavy (non-hydrogen) atoms. The molecule has 1 aromatic heterocycles. The quantitative estimate of drug-likeness (QED) is 0.542. The summed E-state index contributed by atoms with van der Waals surface area (Å²) in [6.07, 6.45) is 0. The molecule has 0 N–H and O–H groups in total. The molecule has 2 aromatic carbocycles. The Kier molecular flexibility index (Phi) is 6.95. The number of ether oxygens (including phenoxy) is 1. The van der Waals surface area contributed by atoms with Crippen LogP contribution in [0.3, 0.4) is 0 Å². The SMILES string of the molecule is COc1cccc(N2CCN(C(=O)c3ccc(C[S@](=O)Cc4ccc(C)cc4)o3)CC2)c1. The van der Waals surface area contributed by atoms with Gasteiger partial charge in [-0.3, -0.25) is 9.00 Å². The second-order valence-corrected chi connectivity index (χ2v) is 9.42. The minimum atomic E-state index is -1.10. The van der Waals surface area contributed by atoms with E-state index >= 15 is 0 Å². The molecule has 0 spiro atoms. The van der Waals surface area contributed by atoms with Gasteiger partial charge in [-0.25, -0.2) is 0 Å². The average molecular weight is 453 g/mol. The zero-order valence-corrected chi connectivity index (χ0v) is 19.3. The number of anilines is 1. The number of methoxy groups -OCH3 is 1. The van der Waals surface area contributed by atoms with Crippen LogP contribution in [0.25, 0.3) is 0 Å². The van der Waals surface area contributed by atoms with Gasteiger partial charge < -0.3 is 19.0 Å². The van der Waals surface area contributed by atoms with E-state index in [9.17, 15) is 9.00 Å². The maximum Gasteiger partial charge on any atom is 0.289 e. The molecule has 0 unspecified atom stereocenters. The van der Waals surface area contributed by atoms with Crippen LogP contribution in [-0.4, -0.2) is 48.3 Å². The molecule has 2 heterocycles. The number of benzene rings is 2. The van der Waals surface area contributed by atoms with E-state index in [1.165, 1.54) is 5.56 Å². The van der Waals surface area contributed by atoms with Crippen molar-refractivity contribution in [1.29, 1.82) is 0 Å². The molecule has 4 rings (SSSR count). The maximum atomic E-state index is 12.9. The number of hydrogen-bond donors (Lipinski definition) is 0. The fourth-order valence-corrected chi connectivity index (χ4v) is 4.92. The van der Waals surface area contributed by atoms with Crippen molar-refractivity contribution in [3.63, 3.8) is 0 Å². The molecule has 0 bridgehead atoms. The van der Waals surface area contributed by atoms with Gasteiger partial charge in [0.05, 0.1) is 12.9 Å². The number of hydrogen-bond acceptors (Lipinski definition) is 5. The van der Waals surface area contributed by atoms with Crippen LogP contribution in [0.2, 0.25) is 0 Å². The normalized spacial score (nSPS) is 14.9. The lowest BCUT2D eigenvalue weighted by Crippen LogP contribution is -2.48. The Hall–Kier alpha value is -3.06. The third-order valence-electron chi connectivity index (χ3n) is 5.61. The smallest absolute Gasteiger partial charge is 0.289 e. The average Bonchev–Trinajstić information content (AvgIpc) is 3.28. The summed E-state index contributed by atoms with van der Waals surface area (Å²) in [5, 5.41) is 0. The fraction of sp³-hybridized carbons (Fsp3) is 0.320. The molecular weight excluding hydrogens is 424 g/mol. The maximum absolute atomic E-state index is 12.9. The summed E-state index contributed by atoms with van der Waals surface area (Å²) in [5.74, 6) is 2.35. The van der Waals surface area contributed by atoms with Gasteiger partial charge in [-0.1, -0.05) is 35.9 Å². The molecule has 1 aliphatic rings. The highest BCUT2D eigenvalue weighted by molar-refractivity contribution is 7.83. The van der Waals surface area contributed by atoms with Crippen molar-refractivity contribution in [1.82, 2.24) is 4.90 Å². The van der Waals surface area contributed by atoms with Gasteiger partial charge in [0.15, 0.2) is 5.76 Å². The Morgan fingerprint density at radius 1 is 1.00 bits per heavy atom. The van der Waals surface area contributed by atoms with Crippen LogP contribution in [0.15, 0.2) is 65.1 Å². The molecule has 7 heteroatoms. The van der Waals surface area contributed by atoms with Gasteiger partial charge in [0.2, 0.25) is 0 Å². The first-order valence-corrected chi connectivity index (χ1v) is 12.2. The lowest BCUT2D eigenvalue weighted by atomic mass is 10.2. The summed E-state index contributed by atoms with van der Waals surface area (Å²) < 4.78 is 23.6. The van der Waals surface area contributed by atoms with E-state index in [0.29, 0.717) is 36.1 Å². The minimum absolute atomic E-state index is 0.120. The third-order valence-corrected chi connectivity index (χ3v) is 6.87. The van der Waals surface area contributed by atoms with Crippen molar-refractivity contribution in [3.8, 4) is 5.75 Å². The number of furan rings is 1. The highest BCUT2D eigenvalue weighted by Gasteiger charge is 2.25. The Morgan fingerprint density at radius 3 is 2.47 bits per heavy atom. The van der Waals surface area contributed by atoms with Crippen molar-refractivity contribution in [2.75, 3.05) is 38.2 Å². The number of piperazine rings is 1. The second kappa shape index (κ2) is 10.0. The van der Waals surface area contributed by atoms with Crippen molar-refractivity contribution < 1.29 is 18.2 Å². The zero-order chi connectivity index (χ0) is 22.5. The van der Waals surface area contributed by atoms with Crippen molar-refractivity contribution in [2.24, 2.45) is 0 Å². The second-order valence-electron chi connectivity index (χ2n) is 7.96. The van der Waals surface area contributed by atoms with E-state index < -0.39 is 10.8 Å². The van der Waals surface area contributed by atoms with E-state index in [2.05, 4.69) is 11.0 Å². The summed E-state index contributed by atoms with van der Waals surface area (Å²) in [5.41, 5.74) is 3.30. The largest absolute Gasteiger partial charge is 0.497 e. The van der Waals surface area contributed by atoms with E-state index in [4.69, 9.17) is 9.15 Å². The van der Waals surface area contributed by atoms with Crippen LogP contribution in [0, 0.1) is 6.92 Å². The van der Waals surface area contributed by atoms with Crippen LogP contribution in [0.1, 0.15) is 27.4 Å². The molecule has 1 amide bonds. The molecule has 0 aliphatic carbocycles. The Bertz CT molecular complexity index is 1090. The molecule has 1 saturated heterocycles. The number of amides is 1. The molecule has 6 nitrogen and oxygen atoms in total. The van der Waals surface area contributed by atoms with Gasteiger partial charge in [-0.15, -0.1) is 0 Å². The molecular formula is C25H28N2O4S. The Balaban J connectivity index is 1.31. The lowest BCUT2D eigenvalue weighted by molar-refractivity contribution is 0.0713. The molecule has 1 fully saturated rings. The van der Waals surface area contributed by atoms with E-state index in [0.717, 1.165) is 30.1 Å². The summed E-state index contributed by atoms with van der Waals surface area (Å²) >= 11 is 0. The van der Waals surface area contributed by atoms with Crippen LogP contribution < -0.4 is 9.64 Å². The van der Waals surface area contributed by atoms with E-state index in [1.54, 1.807) is 19.2 Å². The molecule has 3 aromatic rings. The number of aryl methyl sites for hydroxylation is 1. The van der Waals surface area contributed by atoms with Crippen LogP contribution in [0.5, 0.6) is 5.75 Å². The number of carbonyl (C=O) groups excluding carboxylic acids is 1. The number of rotatable bonds is 7. The Morgan fingerprint density at radius 2 is 1.75 bits per heavy atom. The first kappa shape index (κ1) is 22.1. The Labute approximate surface area is 191 Å². The van der Waals surface area contributed by atoms with Gasteiger partial charge in [0.25, 0.3) is 5.91 Å². The van der Waals surface area contributed by atoms with Gasteiger partial charge in [-0.2, -0.15) is 0 Å². The van der Waals surface area contributed by atoms with E-state index in [-0.39, 0.29) is 5.91 Å². The molecule has 1 atom stereocenters. The van der Waals surface area contributed by atoms with Gasteiger partial charge in [0, 0.05) is 54.5 Å². The molecule has 0 saturated carbocycles.